The molecule has 0 nitrogen and oxygen atoms in total. The third-order valence-corrected chi connectivity index (χ3v) is 3.17. The van der Waals surface area contributed by atoms with E-state index >= 15 is 0 Å². The van der Waals surface area contributed by atoms with Crippen LogP contribution >= 0.6 is 0 Å². The Labute approximate surface area is 89.3 Å². The highest BCUT2D eigenvalue weighted by Crippen LogP contribution is 2.47. The molecule has 1 aromatic rings. The zero-order valence-corrected chi connectivity index (χ0v) is 9.19. The van der Waals surface area contributed by atoms with Crippen molar-refractivity contribution in [3.63, 3.8) is 0 Å². The summed E-state index contributed by atoms with van der Waals surface area (Å²) in [5.41, 5.74) is 2.33. The van der Waals surface area contributed by atoms with Crippen molar-refractivity contribution < 1.29 is 8.78 Å². The van der Waals surface area contributed by atoms with Crippen LogP contribution in [0.5, 0.6) is 0 Å². The fourth-order valence-corrected chi connectivity index (χ4v) is 1.86. The van der Waals surface area contributed by atoms with Crippen LogP contribution in [0.15, 0.2) is 24.3 Å². The van der Waals surface area contributed by atoms with Crippen molar-refractivity contribution in [2.24, 2.45) is 0 Å². The van der Waals surface area contributed by atoms with Gasteiger partial charge in [-0.25, -0.2) is 8.78 Å². The summed E-state index contributed by atoms with van der Waals surface area (Å²) in [7, 11) is 0. The van der Waals surface area contributed by atoms with Crippen LogP contribution in [0, 0.1) is 0 Å². The molecular weight excluding hydrogens is 194 g/mol. The Morgan fingerprint density at radius 1 is 1.20 bits per heavy atom. The SMILES string of the molecule is CC(F)(F)Cc1ccc(C2(C)CC2)cc1. The van der Waals surface area contributed by atoms with Crippen LogP contribution in [0.4, 0.5) is 8.78 Å². The van der Waals surface area contributed by atoms with Gasteiger partial charge < -0.3 is 0 Å². The standard InChI is InChI=1S/C13H16F2/c1-12(7-8-12)11-5-3-10(4-6-11)9-13(2,14)15/h3-6H,7-9H2,1-2H3. The number of hydrogen-bond acceptors (Lipinski definition) is 0. The zero-order chi connectivity index (χ0) is 11.1. The van der Waals surface area contributed by atoms with Gasteiger partial charge in [0.1, 0.15) is 0 Å². The number of halogens is 2. The quantitative estimate of drug-likeness (QED) is 0.709. The fraction of sp³-hybridized carbons (Fsp3) is 0.538. The molecule has 2 heteroatoms. The average molecular weight is 210 g/mol. The third kappa shape index (κ3) is 2.55. The molecule has 1 saturated carbocycles. The van der Waals surface area contributed by atoms with Gasteiger partial charge in [-0.2, -0.15) is 0 Å². The van der Waals surface area contributed by atoms with E-state index in [0.29, 0.717) is 5.41 Å². The van der Waals surface area contributed by atoms with Crippen LogP contribution in [0.25, 0.3) is 0 Å². The first kappa shape index (κ1) is 10.6. The van der Waals surface area contributed by atoms with Crippen molar-refractivity contribution in [2.75, 3.05) is 0 Å². The highest BCUT2D eigenvalue weighted by Gasteiger charge is 2.38. The molecule has 0 aromatic heterocycles. The molecule has 82 valence electrons. The summed E-state index contributed by atoms with van der Waals surface area (Å²) in [6.07, 6.45) is 2.27. The average Bonchev–Trinajstić information content (AvgIpc) is 2.83. The molecule has 1 aliphatic rings. The first-order valence-corrected chi connectivity index (χ1v) is 5.36. The lowest BCUT2D eigenvalue weighted by atomic mass is 9.96. The molecule has 0 radical (unpaired) electrons. The molecule has 1 aliphatic carbocycles. The van der Waals surface area contributed by atoms with Gasteiger partial charge in [-0.1, -0.05) is 31.2 Å². The lowest BCUT2D eigenvalue weighted by molar-refractivity contribution is 0.0226. The molecule has 0 amide bonds. The normalized spacial score (nSPS) is 18.9. The van der Waals surface area contributed by atoms with Gasteiger partial charge in [0, 0.05) is 6.42 Å². The van der Waals surface area contributed by atoms with Gasteiger partial charge in [0.2, 0.25) is 5.92 Å². The minimum atomic E-state index is -2.61. The van der Waals surface area contributed by atoms with Gasteiger partial charge in [-0.3, -0.25) is 0 Å². The Balaban J connectivity index is 2.11. The molecule has 0 heterocycles. The second kappa shape index (κ2) is 3.29. The van der Waals surface area contributed by atoms with Gasteiger partial charge >= 0.3 is 0 Å². The maximum atomic E-state index is 12.8. The molecule has 0 saturated heterocycles. The second-order valence-electron chi connectivity index (χ2n) is 5.00. The zero-order valence-electron chi connectivity index (χ0n) is 9.19. The van der Waals surface area contributed by atoms with Crippen LogP contribution < -0.4 is 0 Å². The van der Waals surface area contributed by atoms with Gasteiger partial charge in [0.05, 0.1) is 0 Å². The minimum Gasteiger partial charge on any atom is -0.207 e. The summed E-state index contributed by atoms with van der Waals surface area (Å²) in [5.74, 6) is -2.61. The second-order valence-corrected chi connectivity index (χ2v) is 5.00. The van der Waals surface area contributed by atoms with Crippen molar-refractivity contribution in [1.29, 1.82) is 0 Å². The molecule has 1 fully saturated rings. The molecular formula is C13H16F2. The van der Waals surface area contributed by atoms with Gasteiger partial charge in [-0.05, 0) is 36.3 Å². The molecule has 0 unspecified atom stereocenters. The van der Waals surface area contributed by atoms with Crippen molar-refractivity contribution >= 4 is 0 Å². The molecule has 0 atom stereocenters. The number of hydrogen-bond donors (Lipinski definition) is 0. The fourth-order valence-electron chi connectivity index (χ4n) is 1.86. The molecule has 2 rings (SSSR count). The molecule has 1 aromatic carbocycles. The van der Waals surface area contributed by atoms with Crippen molar-refractivity contribution in [3.05, 3.63) is 35.4 Å². The molecule has 0 bridgehead atoms. The summed E-state index contributed by atoms with van der Waals surface area (Å²) in [6.45, 7) is 3.18. The van der Waals surface area contributed by atoms with Crippen LogP contribution in [0.1, 0.15) is 37.8 Å². The van der Waals surface area contributed by atoms with Crippen LogP contribution in [-0.4, -0.2) is 5.92 Å². The molecule has 15 heavy (non-hydrogen) atoms. The predicted octanol–water partition coefficient (Wildman–Crippen LogP) is 3.94. The van der Waals surface area contributed by atoms with E-state index in [4.69, 9.17) is 0 Å². The Morgan fingerprint density at radius 2 is 1.73 bits per heavy atom. The molecule has 0 spiro atoms. The number of alkyl halides is 2. The smallest absolute Gasteiger partial charge is 0.207 e. The van der Waals surface area contributed by atoms with E-state index in [1.807, 2.05) is 24.3 Å². The van der Waals surface area contributed by atoms with E-state index in [0.717, 1.165) is 12.5 Å². The Bertz CT molecular complexity index is 342. The molecule has 0 aliphatic heterocycles. The number of benzene rings is 1. The monoisotopic (exact) mass is 210 g/mol. The summed E-state index contributed by atoms with van der Waals surface area (Å²) in [4.78, 5) is 0. The largest absolute Gasteiger partial charge is 0.249 e. The van der Waals surface area contributed by atoms with E-state index < -0.39 is 5.92 Å². The number of rotatable bonds is 3. The summed E-state index contributed by atoms with van der Waals surface area (Å²) in [5, 5.41) is 0. The summed E-state index contributed by atoms with van der Waals surface area (Å²) < 4.78 is 25.5. The van der Waals surface area contributed by atoms with Crippen molar-refractivity contribution in [3.8, 4) is 0 Å². The maximum absolute atomic E-state index is 12.8. The topological polar surface area (TPSA) is 0 Å². The summed E-state index contributed by atoms with van der Waals surface area (Å²) >= 11 is 0. The predicted molar refractivity (Wildman–Crippen MR) is 57.4 cm³/mol. The van der Waals surface area contributed by atoms with Crippen molar-refractivity contribution in [2.45, 2.75) is 44.4 Å². The van der Waals surface area contributed by atoms with Gasteiger partial charge in [0.15, 0.2) is 0 Å². The van der Waals surface area contributed by atoms with Crippen LogP contribution in [0.3, 0.4) is 0 Å². The van der Waals surface area contributed by atoms with Crippen molar-refractivity contribution in [1.82, 2.24) is 0 Å². The first-order chi connectivity index (χ1) is 6.89. The maximum Gasteiger partial charge on any atom is 0.249 e. The van der Waals surface area contributed by atoms with E-state index in [-0.39, 0.29) is 6.42 Å². The van der Waals surface area contributed by atoms with E-state index in [2.05, 4.69) is 6.92 Å². The highest BCUT2D eigenvalue weighted by atomic mass is 19.3. The van der Waals surface area contributed by atoms with Gasteiger partial charge in [-0.15, -0.1) is 0 Å². The minimum absolute atomic E-state index is 0.163. The lowest BCUT2D eigenvalue weighted by Crippen LogP contribution is -2.13. The van der Waals surface area contributed by atoms with E-state index in [1.54, 1.807) is 0 Å². The first-order valence-electron chi connectivity index (χ1n) is 5.36. The Hall–Kier alpha value is -0.920. The van der Waals surface area contributed by atoms with Gasteiger partial charge in [0.25, 0.3) is 0 Å². The lowest BCUT2D eigenvalue weighted by Gasteiger charge is -2.12. The Kier molecular flexibility index (Phi) is 2.32. The van der Waals surface area contributed by atoms with Crippen LogP contribution in [-0.2, 0) is 11.8 Å². The third-order valence-electron chi connectivity index (χ3n) is 3.17. The van der Waals surface area contributed by atoms with Crippen LogP contribution in [0.2, 0.25) is 0 Å². The summed E-state index contributed by atoms with van der Waals surface area (Å²) in [6, 6.07) is 7.65. The Morgan fingerprint density at radius 3 is 2.13 bits per heavy atom. The molecule has 0 N–H and O–H groups in total. The van der Waals surface area contributed by atoms with E-state index in [1.165, 1.54) is 18.4 Å². The van der Waals surface area contributed by atoms with E-state index in [9.17, 15) is 8.78 Å². The highest BCUT2D eigenvalue weighted by molar-refractivity contribution is 5.32.